The third-order valence-corrected chi connectivity index (χ3v) is 0.328. The standard InChI is InChI=1S/C3H7NO2.3Na.3H/c1-4-2-3(5)6;;;;;;/h4H,2H2,1H3,(H,5,6);;;;;;/q;3*+1;3*-1. The molecule has 0 aliphatic carbocycles. The first-order chi connectivity index (χ1) is 2.77. The van der Waals surface area contributed by atoms with Gasteiger partial charge in [-0.25, -0.2) is 0 Å². The van der Waals surface area contributed by atoms with Crippen molar-refractivity contribution in [2.45, 2.75) is 0 Å². The second kappa shape index (κ2) is 16.8. The predicted molar refractivity (Wildman–Crippen MR) is 24.9 cm³/mol. The Kier molecular flexibility index (Phi) is 42.0. The van der Waals surface area contributed by atoms with E-state index in [0.29, 0.717) is 0 Å². The summed E-state index contributed by atoms with van der Waals surface area (Å²) in [6, 6.07) is 0. The van der Waals surface area contributed by atoms with Crippen molar-refractivity contribution in [2.24, 2.45) is 0 Å². The van der Waals surface area contributed by atoms with Crippen LogP contribution in [0.15, 0.2) is 0 Å². The molecule has 42 valence electrons. The first kappa shape index (κ1) is 22.5. The summed E-state index contributed by atoms with van der Waals surface area (Å²) in [5, 5.41) is 10.3. The van der Waals surface area contributed by atoms with Gasteiger partial charge in [0.1, 0.15) is 0 Å². The van der Waals surface area contributed by atoms with E-state index in [4.69, 9.17) is 5.11 Å². The topological polar surface area (TPSA) is 49.3 Å². The first-order valence-corrected chi connectivity index (χ1v) is 1.63. The zero-order chi connectivity index (χ0) is 4.99. The van der Waals surface area contributed by atoms with Gasteiger partial charge in [-0.3, -0.25) is 4.79 Å². The van der Waals surface area contributed by atoms with E-state index in [1.807, 2.05) is 0 Å². The molecule has 0 saturated heterocycles. The number of nitrogens with one attached hydrogen (secondary N) is 1. The van der Waals surface area contributed by atoms with E-state index in [9.17, 15) is 4.79 Å². The molecule has 0 bridgehead atoms. The fourth-order valence-corrected chi connectivity index (χ4v) is 0.151. The van der Waals surface area contributed by atoms with Crippen LogP contribution in [0.5, 0.6) is 0 Å². The molecule has 0 heterocycles. The SMILES string of the molecule is CNCC(=O)O.[H-].[H-].[H-].[Na+].[Na+].[Na+]. The fourth-order valence-electron chi connectivity index (χ4n) is 0.151. The molecule has 9 heavy (non-hydrogen) atoms. The average Bonchev–Trinajstić information content (AvgIpc) is 1.35. The quantitative estimate of drug-likeness (QED) is 0.395. The van der Waals surface area contributed by atoms with Crippen LogP contribution in [0.3, 0.4) is 0 Å². The van der Waals surface area contributed by atoms with Crippen LogP contribution in [0.2, 0.25) is 0 Å². The molecule has 6 heteroatoms. The summed E-state index contributed by atoms with van der Waals surface area (Å²) in [5.41, 5.74) is 0. The molecule has 0 saturated carbocycles. The molecule has 0 spiro atoms. The molecule has 0 aromatic rings. The average molecular weight is 161 g/mol. The van der Waals surface area contributed by atoms with Gasteiger partial charge in [-0.05, 0) is 7.05 Å². The molecule has 0 rings (SSSR count). The second-order valence-electron chi connectivity index (χ2n) is 0.924. The van der Waals surface area contributed by atoms with E-state index in [1.54, 1.807) is 7.05 Å². The van der Waals surface area contributed by atoms with Gasteiger partial charge < -0.3 is 14.7 Å². The van der Waals surface area contributed by atoms with E-state index < -0.39 is 5.97 Å². The van der Waals surface area contributed by atoms with Crippen LogP contribution in [0, 0.1) is 0 Å². The second-order valence-corrected chi connectivity index (χ2v) is 0.924. The fraction of sp³-hybridized carbons (Fsp3) is 0.667. The summed E-state index contributed by atoms with van der Waals surface area (Å²) in [4.78, 5) is 9.54. The van der Waals surface area contributed by atoms with Gasteiger partial charge in [0.25, 0.3) is 0 Å². The van der Waals surface area contributed by atoms with Gasteiger partial charge in [0.05, 0.1) is 6.54 Å². The van der Waals surface area contributed by atoms with Gasteiger partial charge in [-0.2, -0.15) is 0 Å². The van der Waals surface area contributed by atoms with Crippen LogP contribution in [-0.4, -0.2) is 24.7 Å². The molecule has 0 fully saturated rings. The number of carbonyl (C=O) groups is 1. The van der Waals surface area contributed by atoms with Crippen molar-refractivity contribution >= 4 is 5.97 Å². The summed E-state index contributed by atoms with van der Waals surface area (Å²) < 4.78 is 0. The van der Waals surface area contributed by atoms with Crippen molar-refractivity contribution in [3.05, 3.63) is 0 Å². The van der Waals surface area contributed by atoms with E-state index in [1.165, 1.54) is 0 Å². The Labute approximate surface area is 126 Å². The van der Waals surface area contributed by atoms with Crippen LogP contribution in [-0.2, 0) is 4.79 Å². The minimum absolute atomic E-state index is 0. The molecule has 0 aromatic carbocycles. The number of hydrogen-bond donors (Lipinski definition) is 2. The van der Waals surface area contributed by atoms with Crippen molar-refractivity contribution < 1.29 is 103 Å². The Morgan fingerprint density at radius 3 is 1.89 bits per heavy atom. The monoisotopic (exact) mass is 161 g/mol. The van der Waals surface area contributed by atoms with Crippen molar-refractivity contribution in [1.29, 1.82) is 0 Å². The van der Waals surface area contributed by atoms with Gasteiger partial charge in [-0.1, -0.05) is 0 Å². The molecular weight excluding hydrogens is 151 g/mol. The van der Waals surface area contributed by atoms with E-state index in [2.05, 4.69) is 5.32 Å². The number of rotatable bonds is 2. The molecule has 3 nitrogen and oxygen atoms in total. The number of carboxylic acid groups (broad SMARTS) is 1. The van der Waals surface area contributed by atoms with Crippen molar-refractivity contribution in [2.75, 3.05) is 13.6 Å². The Morgan fingerprint density at radius 1 is 1.56 bits per heavy atom. The molecule has 0 amide bonds. The number of hydrogen-bond acceptors (Lipinski definition) is 2. The van der Waals surface area contributed by atoms with Gasteiger partial charge in [0.15, 0.2) is 0 Å². The molecular formula is C3H10NNa3O2. The van der Waals surface area contributed by atoms with Crippen molar-refractivity contribution in [3.63, 3.8) is 0 Å². The zero-order valence-corrected chi connectivity index (χ0v) is 12.6. The molecule has 2 N–H and O–H groups in total. The molecule has 0 radical (unpaired) electrons. The summed E-state index contributed by atoms with van der Waals surface area (Å²) in [5.74, 6) is -0.822. The number of likely N-dealkylation sites (N-methyl/N-ethyl adjacent to an activating group) is 1. The van der Waals surface area contributed by atoms with Gasteiger partial charge in [0, 0.05) is 0 Å². The third-order valence-electron chi connectivity index (χ3n) is 0.328. The van der Waals surface area contributed by atoms with Crippen molar-refractivity contribution in [3.8, 4) is 0 Å². The van der Waals surface area contributed by atoms with Crippen LogP contribution < -0.4 is 94.0 Å². The Balaban J connectivity index is -0.00000000833. The Bertz CT molecular complexity index is 70.8. The van der Waals surface area contributed by atoms with Gasteiger partial charge in [0.2, 0.25) is 0 Å². The summed E-state index contributed by atoms with van der Waals surface area (Å²) >= 11 is 0. The maximum atomic E-state index is 9.54. The Morgan fingerprint density at radius 2 is 1.89 bits per heavy atom. The van der Waals surface area contributed by atoms with Crippen LogP contribution in [0.4, 0.5) is 0 Å². The van der Waals surface area contributed by atoms with E-state index in [0.717, 1.165) is 0 Å². The van der Waals surface area contributed by atoms with Gasteiger partial charge >= 0.3 is 94.6 Å². The zero-order valence-electron chi connectivity index (χ0n) is 9.56. The van der Waals surface area contributed by atoms with Crippen LogP contribution in [0.25, 0.3) is 0 Å². The maximum absolute atomic E-state index is 9.54. The van der Waals surface area contributed by atoms with E-state index in [-0.39, 0.29) is 99.5 Å². The minimum atomic E-state index is -0.822. The predicted octanol–water partition coefficient (Wildman–Crippen LogP) is -9.36. The van der Waals surface area contributed by atoms with Gasteiger partial charge in [-0.15, -0.1) is 0 Å². The summed E-state index contributed by atoms with van der Waals surface area (Å²) in [6.07, 6.45) is 0. The van der Waals surface area contributed by atoms with Crippen molar-refractivity contribution in [1.82, 2.24) is 5.32 Å². The minimum Gasteiger partial charge on any atom is -1.00 e. The summed E-state index contributed by atoms with van der Waals surface area (Å²) in [7, 11) is 1.59. The normalized spacial score (nSPS) is 5.44. The maximum Gasteiger partial charge on any atom is 1.00 e. The molecule has 0 aliphatic heterocycles. The smallest absolute Gasteiger partial charge is 1.00 e. The summed E-state index contributed by atoms with van der Waals surface area (Å²) in [6.45, 7) is 0.0417. The molecule has 0 atom stereocenters. The Hall–Kier alpha value is 2.43. The number of carboxylic acids is 1. The van der Waals surface area contributed by atoms with Crippen LogP contribution in [0.1, 0.15) is 4.28 Å². The molecule has 0 aliphatic rings. The first-order valence-electron chi connectivity index (χ1n) is 1.63. The number of aliphatic carboxylic acids is 1. The largest absolute Gasteiger partial charge is 1.00 e. The van der Waals surface area contributed by atoms with Crippen LogP contribution >= 0.6 is 0 Å². The molecule has 0 unspecified atom stereocenters. The molecule has 0 aromatic heterocycles. The third kappa shape index (κ3) is 25.1. The van der Waals surface area contributed by atoms with E-state index >= 15 is 0 Å².